The first kappa shape index (κ1) is 18.7. The van der Waals surface area contributed by atoms with Gasteiger partial charge in [0.25, 0.3) is 0 Å². The van der Waals surface area contributed by atoms with Crippen LogP contribution in [0.2, 0.25) is 0 Å². The third kappa shape index (κ3) is 5.21. The summed E-state index contributed by atoms with van der Waals surface area (Å²) in [4.78, 5) is 14.1. The second-order valence-electron chi connectivity index (χ2n) is 6.55. The Morgan fingerprint density at radius 1 is 1.17 bits per heavy atom. The van der Waals surface area contributed by atoms with E-state index in [1.165, 1.54) is 10.6 Å². The molecule has 1 aromatic rings. The van der Waals surface area contributed by atoms with Gasteiger partial charge in [0, 0.05) is 44.5 Å². The van der Waals surface area contributed by atoms with E-state index in [4.69, 9.17) is 0 Å². The minimum Gasteiger partial charge on any atom is -0.378 e. The van der Waals surface area contributed by atoms with Gasteiger partial charge in [-0.05, 0) is 37.1 Å². The largest absolute Gasteiger partial charge is 0.378 e. The van der Waals surface area contributed by atoms with E-state index in [-0.39, 0.29) is 24.9 Å². The molecule has 0 heterocycles. The molecule has 0 unspecified atom stereocenters. The predicted molar refractivity (Wildman–Crippen MR) is 97.8 cm³/mol. The Bertz CT molecular complexity index is 650. The molecule has 134 valence electrons. The normalized spacial score (nSPS) is 15.7. The van der Waals surface area contributed by atoms with Crippen molar-refractivity contribution >= 4 is 27.3 Å². The van der Waals surface area contributed by atoms with Crippen molar-refractivity contribution in [1.82, 2.24) is 4.31 Å². The second kappa shape index (κ2) is 7.98. The van der Waals surface area contributed by atoms with E-state index in [0.29, 0.717) is 0 Å². The fraction of sp³-hybridized carbons (Fsp3) is 0.588. The Morgan fingerprint density at radius 2 is 1.75 bits per heavy atom. The summed E-state index contributed by atoms with van der Waals surface area (Å²) in [5.74, 6) is -0.167. The Kier molecular flexibility index (Phi) is 6.23. The first-order valence-electron chi connectivity index (χ1n) is 8.31. The molecular weight excluding hydrogens is 326 g/mol. The van der Waals surface area contributed by atoms with Gasteiger partial charge in [-0.15, -0.1) is 0 Å². The highest BCUT2D eigenvalue weighted by atomic mass is 32.2. The van der Waals surface area contributed by atoms with Crippen molar-refractivity contribution in [1.29, 1.82) is 0 Å². The van der Waals surface area contributed by atoms with Gasteiger partial charge in [-0.1, -0.05) is 12.8 Å². The average Bonchev–Trinajstić information content (AvgIpc) is 3.00. The number of rotatable bonds is 7. The minimum atomic E-state index is -3.28. The van der Waals surface area contributed by atoms with E-state index in [1.807, 2.05) is 43.3 Å². The lowest BCUT2D eigenvalue weighted by molar-refractivity contribution is -0.116. The maximum Gasteiger partial charge on any atom is 0.225 e. The van der Waals surface area contributed by atoms with Crippen molar-refractivity contribution < 1.29 is 13.2 Å². The summed E-state index contributed by atoms with van der Waals surface area (Å²) in [6.45, 7) is 0.241. The van der Waals surface area contributed by atoms with E-state index in [2.05, 4.69) is 5.32 Å². The van der Waals surface area contributed by atoms with Gasteiger partial charge in [-0.25, -0.2) is 8.42 Å². The van der Waals surface area contributed by atoms with Crippen LogP contribution < -0.4 is 10.2 Å². The summed E-state index contributed by atoms with van der Waals surface area (Å²) in [7, 11) is 0.625. The lowest BCUT2D eigenvalue weighted by Gasteiger charge is -2.26. The zero-order valence-corrected chi connectivity index (χ0v) is 15.5. The third-order valence-corrected chi connectivity index (χ3v) is 5.72. The number of nitrogens with zero attached hydrogens (tertiary/aromatic N) is 2. The second-order valence-corrected chi connectivity index (χ2v) is 8.49. The molecule has 0 aromatic heterocycles. The molecule has 1 saturated carbocycles. The van der Waals surface area contributed by atoms with Crippen LogP contribution in [0.15, 0.2) is 24.3 Å². The molecule has 1 aliphatic carbocycles. The van der Waals surface area contributed by atoms with E-state index < -0.39 is 10.0 Å². The van der Waals surface area contributed by atoms with E-state index in [1.54, 1.807) is 0 Å². The van der Waals surface area contributed by atoms with Gasteiger partial charge in [-0.3, -0.25) is 4.79 Å². The van der Waals surface area contributed by atoms with Gasteiger partial charge in [0.05, 0.1) is 6.26 Å². The molecule has 0 bridgehead atoms. The molecule has 1 fully saturated rings. The molecule has 1 aliphatic rings. The number of benzene rings is 1. The molecule has 0 aliphatic heterocycles. The highest BCUT2D eigenvalue weighted by Crippen LogP contribution is 2.25. The Hall–Kier alpha value is -1.60. The molecule has 1 aromatic carbocycles. The Labute approximate surface area is 144 Å². The van der Waals surface area contributed by atoms with Gasteiger partial charge < -0.3 is 10.2 Å². The maximum atomic E-state index is 12.1. The van der Waals surface area contributed by atoms with Crippen LogP contribution in [0.25, 0.3) is 0 Å². The van der Waals surface area contributed by atoms with Crippen LogP contribution in [0.4, 0.5) is 11.4 Å². The quantitative estimate of drug-likeness (QED) is 0.816. The molecule has 24 heavy (non-hydrogen) atoms. The summed E-state index contributed by atoms with van der Waals surface area (Å²) >= 11 is 0. The number of hydrogen-bond acceptors (Lipinski definition) is 4. The monoisotopic (exact) mass is 353 g/mol. The summed E-state index contributed by atoms with van der Waals surface area (Å²) in [6, 6.07) is 7.59. The number of hydrogen-bond donors (Lipinski definition) is 1. The van der Waals surface area contributed by atoms with Crippen LogP contribution in [-0.4, -0.2) is 51.6 Å². The molecule has 2 rings (SSSR count). The number of carbonyl (C=O) groups excluding carboxylic acids is 1. The molecular formula is C17H27N3O3S. The van der Waals surface area contributed by atoms with Crippen molar-refractivity contribution in [2.45, 2.75) is 38.1 Å². The molecule has 0 saturated heterocycles. The number of anilines is 2. The predicted octanol–water partition coefficient (Wildman–Crippen LogP) is 2.29. The van der Waals surface area contributed by atoms with Crippen molar-refractivity contribution in [3.8, 4) is 0 Å². The van der Waals surface area contributed by atoms with Crippen molar-refractivity contribution in [3.05, 3.63) is 24.3 Å². The SMILES string of the molecule is CN(C)c1ccc(NC(=O)CCN(C2CCCC2)S(C)(=O)=O)cc1. The van der Waals surface area contributed by atoms with Crippen molar-refractivity contribution in [2.24, 2.45) is 0 Å². The molecule has 7 heteroatoms. The van der Waals surface area contributed by atoms with Crippen LogP contribution in [-0.2, 0) is 14.8 Å². The number of nitrogens with one attached hydrogen (secondary N) is 1. The highest BCUT2D eigenvalue weighted by Gasteiger charge is 2.29. The molecule has 1 amide bonds. The maximum absolute atomic E-state index is 12.1. The lowest BCUT2D eigenvalue weighted by atomic mass is 10.2. The average molecular weight is 353 g/mol. The van der Waals surface area contributed by atoms with Crippen LogP contribution in [0.5, 0.6) is 0 Å². The molecule has 1 N–H and O–H groups in total. The standard InChI is InChI=1S/C17H27N3O3S/c1-19(2)15-10-8-14(9-11-15)18-17(21)12-13-20(24(3,22)23)16-6-4-5-7-16/h8-11,16H,4-7,12-13H2,1-3H3,(H,18,21). The van der Waals surface area contributed by atoms with Gasteiger partial charge in [0.1, 0.15) is 0 Å². The zero-order chi connectivity index (χ0) is 17.7. The van der Waals surface area contributed by atoms with Gasteiger partial charge in [-0.2, -0.15) is 4.31 Å². The number of sulfonamides is 1. The van der Waals surface area contributed by atoms with Crippen molar-refractivity contribution in [3.63, 3.8) is 0 Å². The first-order chi connectivity index (χ1) is 11.3. The van der Waals surface area contributed by atoms with Crippen LogP contribution in [0, 0.1) is 0 Å². The first-order valence-corrected chi connectivity index (χ1v) is 10.2. The molecule has 6 nitrogen and oxygen atoms in total. The zero-order valence-electron chi connectivity index (χ0n) is 14.7. The van der Waals surface area contributed by atoms with Gasteiger partial charge >= 0.3 is 0 Å². The van der Waals surface area contributed by atoms with Gasteiger partial charge in [0.2, 0.25) is 15.9 Å². The van der Waals surface area contributed by atoms with Crippen molar-refractivity contribution in [2.75, 3.05) is 37.1 Å². The smallest absolute Gasteiger partial charge is 0.225 e. The summed E-state index contributed by atoms with van der Waals surface area (Å²) in [5, 5.41) is 2.83. The van der Waals surface area contributed by atoms with E-state index in [9.17, 15) is 13.2 Å². The highest BCUT2D eigenvalue weighted by molar-refractivity contribution is 7.88. The van der Waals surface area contributed by atoms with E-state index in [0.717, 1.165) is 37.1 Å². The minimum absolute atomic E-state index is 0.0483. The third-order valence-electron chi connectivity index (χ3n) is 4.38. The Balaban J connectivity index is 1.91. The number of carbonyl (C=O) groups is 1. The number of amides is 1. The van der Waals surface area contributed by atoms with Crippen LogP contribution in [0.1, 0.15) is 32.1 Å². The molecule has 0 atom stereocenters. The van der Waals surface area contributed by atoms with Crippen LogP contribution in [0.3, 0.4) is 0 Å². The lowest BCUT2D eigenvalue weighted by Crippen LogP contribution is -2.39. The topological polar surface area (TPSA) is 69.7 Å². The van der Waals surface area contributed by atoms with E-state index >= 15 is 0 Å². The molecule has 0 radical (unpaired) electrons. The van der Waals surface area contributed by atoms with Gasteiger partial charge in [0.15, 0.2) is 0 Å². The van der Waals surface area contributed by atoms with Crippen LogP contribution >= 0.6 is 0 Å². The summed E-state index contributed by atoms with van der Waals surface area (Å²) in [5.41, 5.74) is 1.77. The fourth-order valence-electron chi connectivity index (χ4n) is 3.09. The Morgan fingerprint density at radius 3 is 2.25 bits per heavy atom. The summed E-state index contributed by atoms with van der Waals surface area (Å²) in [6.07, 6.45) is 5.28. The summed E-state index contributed by atoms with van der Waals surface area (Å²) < 4.78 is 25.5. The molecule has 0 spiro atoms. The fourth-order valence-corrected chi connectivity index (χ4v) is 4.26.